The van der Waals surface area contributed by atoms with Crippen LogP contribution in [-0.4, -0.2) is 50.0 Å². The zero-order valence-electron chi connectivity index (χ0n) is 12.2. The monoisotopic (exact) mass is 342 g/mol. The molecule has 1 atom stereocenters. The predicted octanol–water partition coefficient (Wildman–Crippen LogP) is 0.596. The van der Waals surface area contributed by atoms with Gasteiger partial charge in [-0.3, -0.25) is 0 Å². The van der Waals surface area contributed by atoms with Gasteiger partial charge in [-0.2, -0.15) is 8.75 Å². The van der Waals surface area contributed by atoms with Gasteiger partial charge in [-0.1, -0.05) is 13.0 Å². The molecule has 0 spiro atoms. The smallest absolute Gasteiger partial charge is 0.242 e. The van der Waals surface area contributed by atoms with Crippen molar-refractivity contribution in [2.45, 2.75) is 11.8 Å². The normalized spacial score (nSPS) is 23.5. The van der Waals surface area contributed by atoms with E-state index in [1.165, 1.54) is 0 Å². The zero-order valence-corrected chi connectivity index (χ0v) is 13.8. The Hall–Kier alpha value is -1.13. The molecular formula is C13H18N4O3S2. The Morgan fingerprint density at radius 2 is 2.32 bits per heavy atom. The first-order chi connectivity index (χ1) is 10.5. The molecule has 3 rings (SSSR count). The van der Waals surface area contributed by atoms with Crippen LogP contribution in [0.1, 0.15) is 6.92 Å². The van der Waals surface area contributed by atoms with E-state index < -0.39 is 10.0 Å². The van der Waals surface area contributed by atoms with Crippen molar-refractivity contribution in [3.8, 4) is 0 Å². The molecule has 1 fully saturated rings. The van der Waals surface area contributed by atoms with E-state index in [2.05, 4.69) is 18.8 Å². The highest BCUT2D eigenvalue weighted by molar-refractivity contribution is 7.89. The van der Waals surface area contributed by atoms with Gasteiger partial charge in [0.2, 0.25) is 10.0 Å². The summed E-state index contributed by atoms with van der Waals surface area (Å²) < 4.78 is 41.5. The van der Waals surface area contributed by atoms with Crippen LogP contribution in [0.5, 0.6) is 0 Å². The lowest BCUT2D eigenvalue weighted by molar-refractivity contribution is 0.0820. The minimum absolute atomic E-state index is 0.171. The maximum atomic E-state index is 12.6. The second kappa shape index (κ2) is 6.17. The van der Waals surface area contributed by atoms with E-state index in [1.54, 1.807) is 18.2 Å². The summed E-state index contributed by atoms with van der Waals surface area (Å²) in [7, 11) is -3.64. The van der Waals surface area contributed by atoms with Crippen molar-refractivity contribution >= 4 is 32.8 Å². The number of ether oxygens (including phenoxy) is 1. The van der Waals surface area contributed by atoms with Crippen molar-refractivity contribution < 1.29 is 13.2 Å². The fraction of sp³-hybridized carbons (Fsp3) is 0.538. The maximum Gasteiger partial charge on any atom is 0.242 e. The van der Waals surface area contributed by atoms with Gasteiger partial charge in [0.1, 0.15) is 15.9 Å². The van der Waals surface area contributed by atoms with Gasteiger partial charge in [-0.15, -0.1) is 0 Å². The fourth-order valence-corrected chi connectivity index (χ4v) is 4.33. The summed E-state index contributed by atoms with van der Waals surface area (Å²) >= 11 is 1.01. The van der Waals surface area contributed by atoms with Crippen LogP contribution in [0.3, 0.4) is 0 Å². The van der Waals surface area contributed by atoms with Gasteiger partial charge in [0.15, 0.2) is 0 Å². The van der Waals surface area contributed by atoms with E-state index in [9.17, 15) is 8.42 Å². The van der Waals surface area contributed by atoms with Crippen molar-refractivity contribution in [2.75, 3.05) is 32.8 Å². The number of rotatable bonds is 4. The molecule has 1 aliphatic rings. The molecular weight excluding hydrogens is 324 g/mol. The minimum Gasteiger partial charge on any atom is -0.379 e. The van der Waals surface area contributed by atoms with E-state index >= 15 is 0 Å². The van der Waals surface area contributed by atoms with Crippen LogP contribution in [0.15, 0.2) is 23.1 Å². The van der Waals surface area contributed by atoms with Crippen LogP contribution < -0.4 is 10.0 Å². The van der Waals surface area contributed by atoms with E-state index in [4.69, 9.17) is 4.74 Å². The summed E-state index contributed by atoms with van der Waals surface area (Å²) in [6, 6.07) is 4.98. The quantitative estimate of drug-likeness (QED) is 0.845. The highest BCUT2D eigenvalue weighted by Crippen LogP contribution is 2.22. The second-order valence-electron chi connectivity index (χ2n) is 5.75. The van der Waals surface area contributed by atoms with E-state index in [0.29, 0.717) is 37.3 Å². The Labute approximate surface area is 133 Å². The average Bonchev–Trinajstić information content (AvgIpc) is 2.87. The van der Waals surface area contributed by atoms with Crippen LogP contribution >= 0.6 is 11.7 Å². The number of aromatic nitrogens is 2. The lowest BCUT2D eigenvalue weighted by atomic mass is 9.92. The molecule has 0 saturated carbocycles. The molecule has 7 nitrogen and oxygen atoms in total. The van der Waals surface area contributed by atoms with Gasteiger partial charge >= 0.3 is 0 Å². The third-order valence-corrected chi connectivity index (χ3v) is 5.63. The van der Waals surface area contributed by atoms with E-state index in [0.717, 1.165) is 18.3 Å². The number of sulfonamides is 1. The summed E-state index contributed by atoms with van der Waals surface area (Å²) in [5, 5.41) is 3.26. The molecule has 1 aromatic carbocycles. The van der Waals surface area contributed by atoms with Crippen molar-refractivity contribution in [3.63, 3.8) is 0 Å². The average molecular weight is 342 g/mol. The Morgan fingerprint density at radius 3 is 3.18 bits per heavy atom. The molecule has 120 valence electrons. The standard InChI is InChI=1S/C13H18N4O3S2/c1-13(7-14-5-6-20-9-13)8-15-22(18,19)11-4-2-3-10-12(11)17-21-16-10/h2-4,14-15H,5-9H2,1H3. The first-order valence-electron chi connectivity index (χ1n) is 7.00. The van der Waals surface area contributed by atoms with Gasteiger partial charge in [0, 0.05) is 25.0 Å². The number of nitrogens with one attached hydrogen (secondary N) is 2. The first kappa shape index (κ1) is 15.8. The summed E-state index contributed by atoms with van der Waals surface area (Å²) in [5.74, 6) is 0. The SMILES string of the molecule is CC1(CNS(=O)(=O)c2cccc3nsnc23)CNCCOC1. The minimum atomic E-state index is -3.64. The molecule has 22 heavy (non-hydrogen) atoms. The summed E-state index contributed by atoms with van der Waals surface area (Å²) in [6.07, 6.45) is 0. The highest BCUT2D eigenvalue weighted by atomic mass is 32.2. The molecule has 1 aliphatic heterocycles. The zero-order chi connectivity index (χ0) is 15.6. The molecule has 1 unspecified atom stereocenters. The molecule has 2 heterocycles. The van der Waals surface area contributed by atoms with Crippen LogP contribution in [0.2, 0.25) is 0 Å². The van der Waals surface area contributed by atoms with Crippen molar-refractivity contribution in [1.29, 1.82) is 0 Å². The Bertz CT molecular complexity index is 751. The largest absolute Gasteiger partial charge is 0.379 e. The van der Waals surface area contributed by atoms with Crippen molar-refractivity contribution in [1.82, 2.24) is 18.8 Å². The number of hydrogen-bond acceptors (Lipinski definition) is 7. The molecule has 2 aromatic rings. The molecule has 0 aliphatic carbocycles. The molecule has 9 heteroatoms. The first-order valence-corrected chi connectivity index (χ1v) is 9.21. The fourth-order valence-electron chi connectivity index (χ4n) is 2.36. The van der Waals surface area contributed by atoms with E-state index in [-0.39, 0.29) is 10.3 Å². The van der Waals surface area contributed by atoms with Crippen LogP contribution in [0.25, 0.3) is 11.0 Å². The van der Waals surface area contributed by atoms with Crippen molar-refractivity contribution in [3.05, 3.63) is 18.2 Å². The summed E-state index contributed by atoms with van der Waals surface area (Å²) in [4.78, 5) is 0.171. The summed E-state index contributed by atoms with van der Waals surface area (Å²) in [6.45, 7) is 4.95. The van der Waals surface area contributed by atoms with Gasteiger partial charge in [0.05, 0.1) is 24.9 Å². The number of hydrogen-bond donors (Lipinski definition) is 2. The molecule has 0 radical (unpaired) electrons. The third kappa shape index (κ3) is 3.28. The van der Waals surface area contributed by atoms with Gasteiger partial charge in [-0.25, -0.2) is 13.1 Å². The van der Waals surface area contributed by atoms with Gasteiger partial charge in [0.25, 0.3) is 0 Å². The highest BCUT2D eigenvalue weighted by Gasteiger charge is 2.29. The number of benzene rings is 1. The maximum absolute atomic E-state index is 12.6. The topological polar surface area (TPSA) is 93.2 Å². The van der Waals surface area contributed by atoms with Gasteiger partial charge < -0.3 is 10.1 Å². The lowest BCUT2D eigenvalue weighted by Crippen LogP contribution is -2.43. The second-order valence-corrected chi connectivity index (χ2v) is 8.02. The van der Waals surface area contributed by atoms with Crippen LogP contribution in [-0.2, 0) is 14.8 Å². The van der Waals surface area contributed by atoms with Crippen LogP contribution in [0.4, 0.5) is 0 Å². The Morgan fingerprint density at radius 1 is 1.45 bits per heavy atom. The Kier molecular flexibility index (Phi) is 4.42. The predicted molar refractivity (Wildman–Crippen MR) is 84.4 cm³/mol. The molecule has 0 amide bonds. The molecule has 2 N–H and O–H groups in total. The van der Waals surface area contributed by atoms with Gasteiger partial charge in [-0.05, 0) is 12.1 Å². The Balaban J connectivity index is 1.80. The number of nitrogens with zero attached hydrogens (tertiary/aromatic N) is 2. The molecule has 1 aromatic heterocycles. The molecule has 0 bridgehead atoms. The van der Waals surface area contributed by atoms with Crippen molar-refractivity contribution in [2.24, 2.45) is 5.41 Å². The van der Waals surface area contributed by atoms with Crippen LogP contribution in [0, 0.1) is 5.41 Å². The number of fused-ring (bicyclic) bond motifs is 1. The third-order valence-electron chi connectivity index (χ3n) is 3.65. The summed E-state index contributed by atoms with van der Waals surface area (Å²) in [5.41, 5.74) is 0.733. The lowest BCUT2D eigenvalue weighted by Gasteiger charge is -2.27. The van der Waals surface area contributed by atoms with E-state index in [1.807, 2.05) is 6.92 Å². The molecule has 1 saturated heterocycles.